The summed E-state index contributed by atoms with van der Waals surface area (Å²) in [4.78, 5) is 3.19. The summed E-state index contributed by atoms with van der Waals surface area (Å²) in [5.74, 6) is 0. The van der Waals surface area contributed by atoms with E-state index in [1.165, 1.54) is 37.9 Å². The molecule has 1 unspecified atom stereocenters. The van der Waals surface area contributed by atoms with Crippen LogP contribution in [-0.4, -0.2) is 8.07 Å². The number of aryl methyl sites for hydroxylation is 3. The van der Waals surface area contributed by atoms with Gasteiger partial charge in [-0.3, -0.25) is 0 Å². The zero-order chi connectivity index (χ0) is 21.9. The summed E-state index contributed by atoms with van der Waals surface area (Å²) >= 11 is 2.03. The van der Waals surface area contributed by atoms with E-state index in [9.17, 15) is 0 Å². The first-order valence-corrected chi connectivity index (χ1v) is 15.3. The van der Waals surface area contributed by atoms with Crippen molar-refractivity contribution >= 4 is 35.4 Å². The number of thiophene rings is 1. The number of allylic oxidation sites excluding steroid dienone is 1. The van der Waals surface area contributed by atoms with Gasteiger partial charge in [-0.15, -0.1) is 45.9 Å². The molecule has 0 spiro atoms. The second-order valence-electron chi connectivity index (χ2n) is 9.74. The third-order valence-electron chi connectivity index (χ3n) is 7.18. The summed E-state index contributed by atoms with van der Waals surface area (Å²) in [5.41, 5.74) is 9.58. The maximum Gasteiger partial charge on any atom is 3.00 e. The van der Waals surface area contributed by atoms with Gasteiger partial charge >= 0.3 is 26.2 Å². The molecule has 34 heavy (non-hydrogen) atoms. The molecule has 0 nitrogen and oxygen atoms in total. The fourth-order valence-corrected chi connectivity index (χ4v) is 12.2. The SMILES string of the molecule is CC1=C2c3cc(C)sc3C1[Si]2(C)C.CCc1ccc(-c2cccc3[cH-]c(C)cc23)cc1.[Cl-].[Cl-].[Zr+3]. The maximum absolute atomic E-state index is 2.52. The summed E-state index contributed by atoms with van der Waals surface area (Å²) in [6.45, 7) is 13.9. The molecule has 3 aliphatic rings. The van der Waals surface area contributed by atoms with Crippen LogP contribution >= 0.6 is 11.3 Å². The zero-order valence-electron chi connectivity index (χ0n) is 20.7. The molecular weight excluding hydrogens is 571 g/mol. The molecule has 7 rings (SSSR count). The van der Waals surface area contributed by atoms with Crippen LogP contribution in [0.25, 0.3) is 27.1 Å². The van der Waals surface area contributed by atoms with Crippen molar-refractivity contribution in [2.24, 2.45) is 0 Å². The van der Waals surface area contributed by atoms with Gasteiger partial charge in [-0.05, 0) is 43.0 Å². The molecule has 4 aromatic rings. The Bertz CT molecular complexity index is 1330. The summed E-state index contributed by atoms with van der Waals surface area (Å²) in [6, 6.07) is 22.4. The Hall–Kier alpha value is -0.830. The topological polar surface area (TPSA) is 0 Å². The molecule has 2 bridgehead atoms. The maximum atomic E-state index is 2.52. The van der Waals surface area contributed by atoms with Crippen LogP contribution in [0.3, 0.4) is 0 Å². The molecule has 1 atom stereocenters. The van der Waals surface area contributed by atoms with Gasteiger partial charge in [0, 0.05) is 15.3 Å². The molecule has 0 saturated carbocycles. The van der Waals surface area contributed by atoms with Gasteiger partial charge in [-0.1, -0.05) is 73.6 Å². The largest absolute Gasteiger partial charge is 3.00 e. The van der Waals surface area contributed by atoms with E-state index in [1.807, 2.05) is 11.3 Å². The third kappa shape index (κ3) is 4.76. The monoisotopic (exact) mass is 599 g/mol. The summed E-state index contributed by atoms with van der Waals surface area (Å²) < 4.78 is 0. The average Bonchev–Trinajstić information content (AvgIpc) is 3.41. The predicted molar refractivity (Wildman–Crippen MR) is 141 cm³/mol. The van der Waals surface area contributed by atoms with Crippen molar-refractivity contribution in [3.63, 3.8) is 0 Å². The fourth-order valence-electron chi connectivity index (χ4n) is 5.84. The first-order valence-electron chi connectivity index (χ1n) is 11.4. The van der Waals surface area contributed by atoms with Crippen molar-refractivity contribution in [3.05, 3.63) is 92.7 Å². The third-order valence-corrected chi connectivity index (χ3v) is 12.6. The number of benzene rings is 2. The smallest absolute Gasteiger partial charge is 1.00 e. The second-order valence-corrected chi connectivity index (χ2v) is 15.5. The average molecular weight is 602 g/mol. The van der Waals surface area contributed by atoms with Crippen molar-refractivity contribution in [3.8, 4) is 11.1 Å². The quantitative estimate of drug-likeness (QED) is 0.245. The van der Waals surface area contributed by atoms with Gasteiger partial charge in [-0.2, -0.15) is 6.07 Å². The molecule has 5 heteroatoms. The van der Waals surface area contributed by atoms with Crippen molar-refractivity contribution in [2.45, 2.75) is 52.8 Å². The Morgan fingerprint density at radius 3 is 2.18 bits per heavy atom. The van der Waals surface area contributed by atoms with Crippen LogP contribution in [0, 0.1) is 13.8 Å². The van der Waals surface area contributed by atoms with E-state index in [0.717, 1.165) is 12.0 Å². The predicted octanol–water partition coefficient (Wildman–Crippen LogP) is 2.83. The van der Waals surface area contributed by atoms with Crippen LogP contribution < -0.4 is 24.8 Å². The van der Waals surface area contributed by atoms with Crippen molar-refractivity contribution < 1.29 is 51.0 Å². The van der Waals surface area contributed by atoms with Crippen molar-refractivity contribution in [1.82, 2.24) is 0 Å². The van der Waals surface area contributed by atoms with Crippen LogP contribution in [0.2, 0.25) is 13.1 Å². The number of fused-ring (bicyclic) bond motifs is 1. The minimum Gasteiger partial charge on any atom is -1.00 e. The molecule has 175 valence electrons. The van der Waals surface area contributed by atoms with Gasteiger partial charge in [0.25, 0.3) is 0 Å². The fraction of sp³-hybridized carbons (Fsp3) is 0.276. The molecule has 1 aliphatic carbocycles. The van der Waals surface area contributed by atoms with Crippen LogP contribution in [0.1, 0.15) is 45.8 Å². The normalized spacial score (nSPS) is 16.4. The molecule has 3 aromatic carbocycles. The first-order chi connectivity index (χ1) is 14.8. The molecule has 2 aliphatic heterocycles. The van der Waals surface area contributed by atoms with E-state index in [0.29, 0.717) is 0 Å². The Balaban J connectivity index is 0.000000229. The molecule has 0 N–H and O–H groups in total. The van der Waals surface area contributed by atoms with E-state index in [2.05, 4.69) is 101 Å². The van der Waals surface area contributed by atoms with Crippen LogP contribution in [-0.2, 0) is 32.6 Å². The van der Waals surface area contributed by atoms with E-state index in [-0.39, 0.29) is 51.0 Å². The number of rotatable bonds is 2. The van der Waals surface area contributed by atoms with Gasteiger partial charge < -0.3 is 24.8 Å². The number of hydrogen-bond donors (Lipinski definition) is 0. The summed E-state index contributed by atoms with van der Waals surface area (Å²) in [6.07, 6.45) is 1.10. The van der Waals surface area contributed by atoms with Gasteiger partial charge in [0.05, 0.1) is 8.07 Å². The summed E-state index contributed by atoms with van der Waals surface area (Å²) in [5, 5.41) is 4.47. The molecule has 0 amide bonds. The molecule has 1 radical (unpaired) electrons. The first kappa shape index (κ1) is 29.4. The molecule has 1 aromatic heterocycles. The Morgan fingerprint density at radius 1 is 0.912 bits per heavy atom. The number of hydrogen-bond acceptors (Lipinski definition) is 1. The van der Waals surface area contributed by atoms with Gasteiger partial charge in [0.2, 0.25) is 0 Å². The van der Waals surface area contributed by atoms with Gasteiger partial charge in [-0.25, -0.2) is 0 Å². The standard InChI is InChI=1S/C18H17.C11H14SSi.2ClH.Zr/c1-3-14-7-9-15(10-8-14)17-6-4-5-16-11-13(2)12-18(16)17;1-6-5-8-9(12-6)11-7(2)10(8)13(11,3)4;;;/h4-12H,3H2,1-2H3;5,11H,1-4H3;2*1H;/q-1;;;;+3/p-2. The second kappa shape index (κ2) is 11.1. The van der Waals surface area contributed by atoms with E-state index < -0.39 is 8.07 Å². The van der Waals surface area contributed by atoms with Crippen LogP contribution in [0.4, 0.5) is 0 Å². The Labute approximate surface area is 241 Å². The summed E-state index contributed by atoms with van der Waals surface area (Å²) in [7, 11) is -0.995. The van der Waals surface area contributed by atoms with Crippen molar-refractivity contribution in [1.29, 1.82) is 0 Å². The van der Waals surface area contributed by atoms with Crippen LogP contribution in [0.5, 0.6) is 0 Å². The van der Waals surface area contributed by atoms with Crippen molar-refractivity contribution in [2.75, 3.05) is 0 Å². The van der Waals surface area contributed by atoms with Crippen LogP contribution in [0.15, 0.2) is 66.2 Å². The minimum atomic E-state index is -0.995. The van der Waals surface area contributed by atoms with E-state index in [1.54, 1.807) is 21.2 Å². The minimum absolute atomic E-state index is 0. The Kier molecular flexibility index (Phi) is 9.56. The molecule has 3 heterocycles. The molecule has 0 saturated heterocycles. The molecule has 0 fully saturated rings. The number of halogens is 2. The zero-order valence-corrected chi connectivity index (χ0v) is 26.5. The van der Waals surface area contributed by atoms with Gasteiger partial charge in [0.1, 0.15) is 0 Å². The van der Waals surface area contributed by atoms with Gasteiger partial charge in [0.15, 0.2) is 0 Å². The van der Waals surface area contributed by atoms with E-state index in [4.69, 9.17) is 0 Å². The Morgan fingerprint density at radius 2 is 1.59 bits per heavy atom. The van der Waals surface area contributed by atoms with E-state index >= 15 is 0 Å². The molecular formula is C29H31Cl2SSiZr.